The number of carbonyl (C=O) groups excluding carboxylic acids is 1. The molecule has 0 aromatic heterocycles. The van der Waals surface area contributed by atoms with Gasteiger partial charge in [-0.25, -0.2) is 4.79 Å². The summed E-state index contributed by atoms with van der Waals surface area (Å²) in [5.74, 6) is 0.104. The molecule has 0 aliphatic heterocycles. The number of carbonyl (C=O) groups is 1. The second-order valence-electron chi connectivity index (χ2n) is 5.93. The molecule has 0 bridgehead atoms. The van der Waals surface area contributed by atoms with Crippen molar-refractivity contribution in [2.75, 3.05) is 0 Å². The minimum atomic E-state index is -0.411. The zero-order chi connectivity index (χ0) is 17.2. The highest BCUT2D eigenvalue weighted by atomic mass is 79.9. The Kier molecular flexibility index (Phi) is 9.80. The van der Waals surface area contributed by atoms with E-state index in [1.54, 1.807) is 6.92 Å². The molecule has 0 heterocycles. The Morgan fingerprint density at radius 3 is 2.09 bits per heavy atom. The van der Waals surface area contributed by atoms with E-state index < -0.39 is 5.97 Å². The molecular formula is C19H26Br2O2. The van der Waals surface area contributed by atoms with Gasteiger partial charge in [-0.05, 0) is 69.3 Å². The lowest BCUT2D eigenvalue weighted by Crippen LogP contribution is -2.09. The first-order chi connectivity index (χ1) is 11.0. The summed E-state index contributed by atoms with van der Waals surface area (Å²) >= 11 is 6.98. The van der Waals surface area contributed by atoms with Crippen LogP contribution in [0.3, 0.4) is 0 Å². The maximum absolute atomic E-state index is 11.7. The molecule has 128 valence electrons. The molecule has 0 amide bonds. The van der Waals surface area contributed by atoms with Crippen molar-refractivity contribution in [3.8, 4) is 5.75 Å². The van der Waals surface area contributed by atoms with Crippen LogP contribution in [0.15, 0.2) is 33.2 Å². The largest absolute Gasteiger partial charge is 0.421 e. The number of hydrogen-bond donors (Lipinski definition) is 0. The molecule has 4 heteroatoms. The van der Waals surface area contributed by atoms with Crippen LogP contribution in [-0.4, -0.2) is 5.97 Å². The molecule has 2 nitrogen and oxygen atoms in total. The van der Waals surface area contributed by atoms with Crippen LogP contribution < -0.4 is 4.74 Å². The molecule has 0 unspecified atom stereocenters. The molecule has 1 aromatic rings. The SMILES string of the molecule is C=C(C)C(=O)Oc1c(Br)cc(CCCCCCCCC)cc1Br. The van der Waals surface area contributed by atoms with Crippen molar-refractivity contribution in [2.24, 2.45) is 0 Å². The number of aryl methyl sites for hydroxylation is 1. The molecular weight excluding hydrogens is 420 g/mol. The number of halogens is 2. The minimum Gasteiger partial charge on any atom is -0.421 e. The van der Waals surface area contributed by atoms with Crippen LogP contribution >= 0.6 is 31.9 Å². The van der Waals surface area contributed by atoms with E-state index in [0.29, 0.717) is 11.3 Å². The van der Waals surface area contributed by atoms with Crippen molar-refractivity contribution < 1.29 is 9.53 Å². The highest BCUT2D eigenvalue weighted by Gasteiger charge is 2.13. The number of hydrogen-bond acceptors (Lipinski definition) is 2. The van der Waals surface area contributed by atoms with E-state index in [2.05, 4.69) is 45.4 Å². The smallest absolute Gasteiger partial charge is 0.338 e. The molecule has 0 fully saturated rings. The highest BCUT2D eigenvalue weighted by molar-refractivity contribution is 9.11. The van der Waals surface area contributed by atoms with Gasteiger partial charge in [-0.2, -0.15) is 0 Å². The van der Waals surface area contributed by atoms with Crippen molar-refractivity contribution in [2.45, 2.75) is 65.2 Å². The Hall–Kier alpha value is -0.610. The monoisotopic (exact) mass is 444 g/mol. The predicted octanol–water partition coefficient (Wildman–Crippen LogP) is 6.99. The minimum absolute atomic E-state index is 0.385. The summed E-state index contributed by atoms with van der Waals surface area (Å²) in [7, 11) is 0. The molecule has 1 aromatic carbocycles. The topological polar surface area (TPSA) is 26.3 Å². The number of esters is 1. The fourth-order valence-electron chi connectivity index (χ4n) is 2.32. The molecule has 0 saturated carbocycles. The maximum Gasteiger partial charge on any atom is 0.338 e. The molecule has 0 radical (unpaired) electrons. The third-order valence-corrected chi connectivity index (χ3v) is 4.85. The maximum atomic E-state index is 11.7. The molecule has 0 spiro atoms. The Balaban J connectivity index is 2.49. The fraction of sp³-hybridized carbons (Fsp3) is 0.526. The molecule has 0 N–H and O–H groups in total. The van der Waals surface area contributed by atoms with Gasteiger partial charge in [0.2, 0.25) is 0 Å². The fourth-order valence-corrected chi connectivity index (χ4v) is 3.76. The average Bonchev–Trinajstić information content (AvgIpc) is 2.49. The number of benzene rings is 1. The normalized spacial score (nSPS) is 10.6. The summed E-state index contributed by atoms with van der Waals surface area (Å²) in [6.07, 6.45) is 10.2. The average molecular weight is 446 g/mol. The van der Waals surface area contributed by atoms with Crippen LogP contribution in [-0.2, 0) is 11.2 Å². The Morgan fingerprint density at radius 1 is 1.04 bits per heavy atom. The van der Waals surface area contributed by atoms with E-state index >= 15 is 0 Å². The lowest BCUT2D eigenvalue weighted by Gasteiger charge is -2.11. The second-order valence-corrected chi connectivity index (χ2v) is 7.64. The molecule has 0 atom stereocenters. The van der Waals surface area contributed by atoms with E-state index in [0.717, 1.165) is 15.4 Å². The van der Waals surface area contributed by atoms with E-state index in [1.165, 1.54) is 50.5 Å². The van der Waals surface area contributed by atoms with Gasteiger partial charge >= 0.3 is 5.97 Å². The van der Waals surface area contributed by atoms with Crippen molar-refractivity contribution in [1.82, 2.24) is 0 Å². The zero-order valence-electron chi connectivity index (χ0n) is 14.1. The summed E-state index contributed by atoms with van der Waals surface area (Å²) in [5.41, 5.74) is 1.63. The molecule has 0 saturated heterocycles. The van der Waals surface area contributed by atoms with Crippen LogP contribution in [0.5, 0.6) is 5.75 Å². The second kappa shape index (κ2) is 11.0. The number of ether oxygens (including phenoxy) is 1. The van der Waals surface area contributed by atoms with Crippen molar-refractivity contribution in [1.29, 1.82) is 0 Å². The first kappa shape index (κ1) is 20.4. The first-order valence-corrected chi connectivity index (χ1v) is 9.90. The van der Waals surface area contributed by atoms with Gasteiger partial charge in [0.25, 0.3) is 0 Å². The lowest BCUT2D eigenvalue weighted by molar-refractivity contribution is -0.130. The third-order valence-electron chi connectivity index (χ3n) is 3.67. The Labute approximate surface area is 156 Å². The van der Waals surface area contributed by atoms with Gasteiger partial charge in [0.15, 0.2) is 5.75 Å². The molecule has 23 heavy (non-hydrogen) atoms. The summed E-state index contributed by atoms with van der Waals surface area (Å²) in [4.78, 5) is 11.7. The number of unbranched alkanes of at least 4 members (excludes halogenated alkanes) is 6. The van der Waals surface area contributed by atoms with E-state index in [4.69, 9.17) is 4.74 Å². The van der Waals surface area contributed by atoms with Crippen molar-refractivity contribution in [3.05, 3.63) is 38.8 Å². The van der Waals surface area contributed by atoms with Crippen LogP contribution in [0.2, 0.25) is 0 Å². The van der Waals surface area contributed by atoms with Gasteiger partial charge in [-0.3, -0.25) is 0 Å². The summed E-state index contributed by atoms with van der Waals surface area (Å²) in [5, 5.41) is 0. The van der Waals surface area contributed by atoms with Gasteiger partial charge in [0.05, 0.1) is 8.95 Å². The standard InChI is InChI=1S/C19H26Br2O2/c1-4-5-6-7-8-9-10-11-15-12-16(20)18(17(21)13-15)23-19(22)14(2)3/h12-13H,2,4-11H2,1,3H3. The summed E-state index contributed by atoms with van der Waals surface area (Å²) < 4.78 is 6.92. The zero-order valence-corrected chi connectivity index (χ0v) is 17.3. The van der Waals surface area contributed by atoms with E-state index in [1.807, 2.05) is 12.1 Å². The van der Waals surface area contributed by atoms with Crippen LogP contribution in [0.25, 0.3) is 0 Å². The first-order valence-electron chi connectivity index (χ1n) is 8.31. The van der Waals surface area contributed by atoms with Gasteiger partial charge in [-0.15, -0.1) is 0 Å². The lowest BCUT2D eigenvalue weighted by atomic mass is 10.0. The van der Waals surface area contributed by atoms with Crippen molar-refractivity contribution >= 4 is 37.8 Å². The predicted molar refractivity (Wildman–Crippen MR) is 104 cm³/mol. The third kappa shape index (κ3) is 7.67. The van der Waals surface area contributed by atoms with E-state index in [-0.39, 0.29) is 0 Å². The van der Waals surface area contributed by atoms with Crippen molar-refractivity contribution in [3.63, 3.8) is 0 Å². The Morgan fingerprint density at radius 2 is 1.57 bits per heavy atom. The van der Waals surface area contributed by atoms with Crippen LogP contribution in [0, 0.1) is 0 Å². The highest BCUT2D eigenvalue weighted by Crippen LogP contribution is 2.35. The quantitative estimate of drug-likeness (QED) is 0.168. The van der Waals surface area contributed by atoms with E-state index in [9.17, 15) is 4.79 Å². The molecule has 1 rings (SSSR count). The van der Waals surface area contributed by atoms with Crippen LogP contribution in [0.4, 0.5) is 0 Å². The summed E-state index contributed by atoms with van der Waals surface area (Å²) in [6.45, 7) is 7.48. The van der Waals surface area contributed by atoms with Gasteiger partial charge in [-0.1, -0.05) is 52.0 Å². The molecule has 0 aliphatic rings. The Bertz CT molecular complexity index is 515. The summed E-state index contributed by atoms with van der Waals surface area (Å²) in [6, 6.07) is 4.06. The van der Waals surface area contributed by atoms with Crippen LogP contribution in [0.1, 0.15) is 64.4 Å². The van der Waals surface area contributed by atoms with Gasteiger partial charge < -0.3 is 4.74 Å². The van der Waals surface area contributed by atoms with Gasteiger partial charge in [0, 0.05) is 5.57 Å². The van der Waals surface area contributed by atoms with Gasteiger partial charge in [0.1, 0.15) is 0 Å². The number of rotatable bonds is 10. The molecule has 0 aliphatic carbocycles.